The number of ether oxygens (including phenoxy) is 1. The quantitative estimate of drug-likeness (QED) is 0.270. The second-order valence-corrected chi connectivity index (χ2v) is 10.9. The molecule has 0 saturated heterocycles. The van der Waals surface area contributed by atoms with Gasteiger partial charge in [0.1, 0.15) is 17.1 Å². The van der Waals surface area contributed by atoms with E-state index in [2.05, 4.69) is 62.3 Å². The zero-order valence-electron chi connectivity index (χ0n) is 21.9. The van der Waals surface area contributed by atoms with Crippen LogP contribution in [0, 0.1) is 0 Å². The van der Waals surface area contributed by atoms with Crippen molar-refractivity contribution in [2.75, 3.05) is 0 Å². The number of hydrogen-bond donors (Lipinski definition) is 2. The Morgan fingerprint density at radius 1 is 0.974 bits per heavy atom. The highest BCUT2D eigenvalue weighted by Gasteiger charge is 2.41. The molecule has 2 aromatic carbocycles. The smallest absolute Gasteiger partial charge is 0.408 e. The first kappa shape index (κ1) is 24.0. The van der Waals surface area contributed by atoms with Crippen molar-refractivity contribution < 1.29 is 9.53 Å². The van der Waals surface area contributed by atoms with Crippen LogP contribution in [0.5, 0.6) is 0 Å². The zero-order chi connectivity index (χ0) is 26.3. The van der Waals surface area contributed by atoms with Gasteiger partial charge in [0.15, 0.2) is 0 Å². The number of carbonyl (C=O) groups excluding carboxylic acids is 1. The van der Waals surface area contributed by atoms with E-state index in [1.54, 1.807) is 6.20 Å². The number of aromatic amines is 1. The molecule has 0 spiro atoms. The molecular weight excluding hydrogens is 474 g/mol. The minimum Gasteiger partial charge on any atom is -0.444 e. The number of alkyl carbamates (subject to hydrolysis) is 1. The molecule has 6 rings (SSSR count). The van der Waals surface area contributed by atoms with Crippen LogP contribution in [-0.2, 0) is 10.3 Å². The first-order valence-corrected chi connectivity index (χ1v) is 13.0. The average Bonchev–Trinajstić information content (AvgIpc) is 3.54. The van der Waals surface area contributed by atoms with E-state index in [4.69, 9.17) is 9.72 Å². The Bertz CT molecular complexity index is 1580. The number of nitrogens with one attached hydrogen (secondary N) is 2. The van der Waals surface area contributed by atoms with Crippen molar-refractivity contribution in [3.63, 3.8) is 0 Å². The normalized spacial score (nSPS) is 14.7. The summed E-state index contributed by atoms with van der Waals surface area (Å²) >= 11 is 0. The first-order chi connectivity index (χ1) is 18.3. The topological polar surface area (TPSA) is 84.3 Å². The van der Waals surface area contributed by atoms with Crippen LogP contribution in [0.15, 0.2) is 85.3 Å². The maximum absolute atomic E-state index is 12.6. The summed E-state index contributed by atoms with van der Waals surface area (Å²) < 4.78 is 7.68. The zero-order valence-corrected chi connectivity index (χ0v) is 21.9. The van der Waals surface area contributed by atoms with Crippen LogP contribution in [0.3, 0.4) is 0 Å². The van der Waals surface area contributed by atoms with Crippen molar-refractivity contribution in [1.82, 2.24) is 24.7 Å². The summed E-state index contributed by atoms with van der Waals surface area (Å²) in [4.78, 5) is 25.2. The van der Waals surface area contributed by atoms with Gasteiger partial charge >= 0.3 is 6.09 Å². The van der Waals surface area contributed by atoms with Crippen molar-refractivity contribution in [1.29, 1.82) is 0 Å². The number of fused-ring (bicyclic) bond motifs is 1. The van der Waals surface area contributed by atoms with E-state index in [9.17, 15) is 4.79 Å². The Labute approximate surface area is 221 Å². The standard InChI is InChI=1S/C31H31N5O2/c1-30(2,3)38-29(37)35-31(16-7-17-31)24-13-10-21(11-14-24)26-27(22-8-5-4-6-9-22)36-20-23(12-15-25(36)34-26)28-32-18-19-33-28/h4-6,8-15,18-20H,7,16-17H2,1-3H3,(H,32,33)(H,35,37). The van der Waals surface area contributed by atoms with Crippen LogP contribution in [0.2, 0.25) is 0 Å². The minimum atomic E-state index is -0.535. The van der Waals surface area contributed by atoms with Gasteiger partial charge in [0.05, 0.1) is 16.9 Å². The second kappa shape index (κ2) is 9.17. The number of benzene rings is 2. The van der Waals surface area contributed by atoms with Gasteiger partial charge in [-0.1, -0.05) is 54.6 Å². The lowest BCUT2D eigenvalue weighted by Crippen LogP contribution is -2.52. The fourth-order valence-electron chi connectivity index (χ4n) is 5.14. The van der Waals surface area contributed by atoms with Gasteiger partial charge in [-0.15, -0.1) is 0 Å². The number of rotatable bonds is 5. The van der Waals surface area contributed by atoms with E-state index in [1.165, 1.54) is 0 Å². The summed E-state index contributed by atoms with van der Waals surface area (Å²) in [5.41, 5.74) is 6.03. The maximum Gasteiger partial charge on any atom is 0.408 e. The Balaban J connectivity index is 1.39. The summed E-state index contributed by atoms with van der Waals surface area (Å²) in [5, 5.41) is 3.15. The molecule has 7 nitrogen and oxygen atoms in total. The Kier molecular flexibility index (Phi) is 5.79. The van der Waals surface area contributed by atoms with Crippen molar-refractivity contribution in [2.45, 2.75) is 51.2 Å². The lowest BCUT2D eigenvalue weighted by molar-refractivity contribution is 0.0377. The number of nitrogens with zero attached hydrogens (tertiary/aromatic N) is 3. The fourth-order valence-corrected chi connectivity index (χ4v) is 5.14. The second-order valence-electron chi connectivity index (χ2n) is 10.9. The van der Waals surface area contributed by atoms with Crippen molar-refractivity contribution in [3.8, 4) is 33.9 Å². The third kappa shape index (κ3) is 4.45. The predicted molar refractivity (Wildman–Crippen MR) is 149 cm³/mol. The highest BCUT2D eigenvalue weighted by molar-refractivity contribution is 5.83. The minimum absolute atomic E-state index is 0.375. The number of amides is 1. The van der Waals surface area contributed by atoms with Crippen molar-refractivity contribution in [3.05, 3.63) is 90.9 Å². The van der Waals surface area contributed by atoms with Gasteiger partial charge in [0, 0.05) is 35.3 Å². The molecule has 0 aliphatic heterocycles. The number of pyridine rings is 1. The summed E-state index contributed by atoms with van der Waals surface area (Å²) in [6.07, 6.45) is 8.14. The van der Waals surface area contributed by atoms with Crippen LogP contribution >= 0.6 is 0 Å². The van der Waals surface area contributed by atoms with Gasteiger partial charge in [-0.3, -0.25) is 4.40 Å². The first-order valence-electron chi connectivity index (χ1n) is 13.0. The lowest BCUT2D eigenvalue weighted by atomic mass is 9.71. The highest BCUT2D eigenvalue weighted by Crippen LogP contribution is 2.42. The monoisotopic (exact) mass is 505 g/mol. The number of imidazole rings is 2. The molecule has 5 aromatic rings. The third-order valence-corrected chi connectivity index (χ3v) is 7.10. The fraction of sp³-hybridized carbons (Fsp3) is 0.258. The molecule has 1 fully saturated rings. The number of aromatic nitrogens is 4. The van der Waals surface area contributed by atoms with Gasteiger partial charge in [-0.05, 0) is 57.7 Å². The molecule has 7 heteroatoms. The molecule has 0 bridgehead atoms. The molecule has 0 atom stereocenters. The summed E-state index contributed by atoms with van der Waals surface area (Å²) in [6, 6.07) is 22.8. The lowest BCUT2D eigenvalue weighted by Gasteiger charge is -2.43. The largest absolute Gasteiger partial charge is 0.444 e. The molecule has 38 heavy (non-hydrogen) atoms. The molecule has 1 saturated carbocycles. The van der Waals surface area contributed by atoms with Crippen molar-refractivity contribution in [2.24, 2.45) is 0 Å². The summed E-state index contributed by atoms with van der Waals surface area (Å²) in [6.45, 7) is 5.64. The van der Waals surface area contributed by atoms with Gasteiger partial charge in [0.2, 0.25) is 0 Å². The van der Waals surface area contributed by atoms with Crippen LogP contribution in [0.1, 0.15) is 45.6 Å². The van der Waals surface area contributed by atoms with E-state index in [-0.39, 0.29) is 11.6 Å². The highest BCUT2D eigenvalue weighted by atomic mass is 16.6. The molecule has 0 unspecified atom stereocenters. The van der Waals surface area contributed by atoms with E-state index >= 15 is 0 Å². The van der Waals surface area contributed by atoms with Gasteiger partial charge in [0.25, 0.3) is 0 Å². The Morgan fingerprint density at radius 3 is 2.34 bits per heavy atom. The summed E-state index contributed by atoms with van der Waals surface area (Å²) in [7, 11) is 0. The van der Waals surface area contributed by atoms with Crippen LogP contribution < -0.4 is 5.32 Å². The van der Waals surface area contributed by atoms with Gasteiger partial charge in [-0.25, -0.2) is 14.8 Å². The van der Waals surface area contributed by atoms with Crippen LogP contribution in [-0.4, -0.2) is 31.0 Å². The van der Waals surface area contributed by atoms with E-state index in [1.807, 2.05) is 57.3 Å². The van der Waals surface area contributed by atoms with E-state index in [0.717, 1.165) is 64.4 Å². The van der Waals surface area contributed by atoms with Crippen molar-refractivity contribution >= 4 is 11.7 Å². The van der Waals surface area contributed by atoms with Gasteiger partial charge in [-0.2, -0.15) is 0 Å². The molecular formula is C31H31N5O2. The SMILES string of the molecule is CC(C)(C)OC(=O)NC1(c2ccc(-c3nc4ccc(-c5ncc[nH]5)cn4c3-c3ccccc3)cc2)CCC1. The Morgan fingerprint density at radius 2 is 1.71 bits per heavy atom. The van der Waals surface area contributed by atoms with Crippen LogP contribution in [0.4, 0.5) is 4.79 Å². The predicted octanol–water partition coefficient (Wildman–Crippen LogP) is 6.96. The molecule has 1 aliphatic carbocycles. The molecule has 1 amide bonds. The van der Waals surface area contributed by atoms with E-state index < -0.39 is 5.60 Å². The molecule has 3 heterocycles. The van der Waals surface area contributed by atoms with Gasteiger partial charge < -0.3 is 15.0 Å². The number of H-pyrrole nitrogens is 1. The Hall–Kier alpha value is -4.39. The summed E-state index contributed by atoms with van der Waals surface area (Å²) in [5.74, 6) is 0.814. The average molecular weight is 506 g/mol. The molecule has 0 radical (unpaired) electrons. The number of carbonyl (C=O) groups is 1. The molecule has 192 valence electrons. The molecule has 2 N–H and O–H groups in total. The number of hydrogen-bond acceptors (Lipinski definition) is 4. The van der Waals surface area contributed by atoms with E-state index in [0.29, 0.717) is 0 Å². The maximum atomic E-state index is 12.6. The molecule has 1 aliphatic rings. The third-order valence-electron chi connectivity index (χ3n) is 7.10. The molecule has 3 aromatic heterocycles. The van der Waals surface area contributed by atoms with Crippen LogP contribution in [0.25, 0.3) is 39.5 Å².